The van der Waals surface area contributed by atoms with Crippen molar-refractivity contribution in [1.29, 1.82) is 0 Å². The van der Waals surface area contributed by atoms with Crippen molar-refractivity contribution in [2.45, 2.75) is 46.2 Å². The van der Waals surface area contributed by atoms with E-state index < -0.39 is 40.7 Å². The Morgan fingerprint density at radius 1 is 1.20 bits per heavy atom. The zero-order chi connectivity index (χ0) is 22.2. The van der Waals surface area contributed by atoms with Crippen molar-refractivity contribution in [3.8, 4) is 0 Å². The Bertz CT molecular complexity index is 1030. The number of ether oxygens (including phenoxy) is 1. The van der Waals surface area contributed by atoms with Gasteiger partial charge in [-0.2, -0.15) is 0 Å². The van der Waals surface area contributed by atoms with Crippen LogP contribution in [0.1, 0.15) is 33.6 Å². The molecule has 0 saturated carbocycles. The number of primary amides is 1. The molecule has 2 amide bonds. The smallest absolute Gasteiger partial charge is 0.337 e. The fourth-order valence-electron chi connectivity index (χ4n) is 3.71. The van der Waals surface area contributed by atoms with Crippen molar-refractivity contribution >= 4 is 23.0 Å². The molecule has 8 nitrogen and oxygen atoms in total. The quantitative estimate of drug-likeness (QED) is 0.782. The highest BCUT2D eigenvalue weighted by atomic mass is 19.2. The van der Waals surface area contributed by atoms with Gasteiger partial charge in [0.1, 0.15) is 6.04 Å². The molecule has 2 aromatic rings. The standard InChI is InChI=1S/C20H26F2N4O4/c1-20(2,3)16(17(23)27)24-18(28)26-15-9-13(22)12(21)8-14(15)25(19(26)29)10-11-4-6-30-7-5-11/h8-9,11,16H,4-7,10H2,1-3H3,(H2,23,27)(H,24,28)/t16-/m1/s1. The van der Waals surface area contributed by atoms with Crippen LogP contribution >= 0.6 is 0 Å². The normalized spacial score (nSPS) is 16.6. The van der Waals surface area contributed by atoms with E-state index in [1.165, 1.54) is 4.57 Å². The molecule has 1 aromatic carbocycles. The van der Waals surface area contributed by atoms with Crippen LogP contribution in [0, 0.1) is 23.0 Å². The maximum Gasteiger partial charge on any atom is 0.337 e. The van der Waals surface area contributed by atoms with Gasteiger partial charge in [-0.25, -0.2) is 22.9 Å². The average molecular weight is 424 g/mol. The molecule has 1 atom stereocenters. The molecular weight excluding hydrogens is 398 g/mol. The molecule has 1 aliphatic heterocycles. The zero-order valence-corrected chi connectivity index (χ0v) is 17.2. The highest BCUT2D eigenvalue weighted by Crippen LogP contribution is 2.23. The number of nitrogens with one attached hydrogen (secondary N) is 1. The van der Waals surface area contributed by atoms with Crippen LogP contribution in [0.4, 0.5) is 13.6 Å². The van der Waals surface area contributed by atoms with E-state index in [0.717, 1.165) is 16.7 Å². The summed E-state index contributed by atoms with van der Waals surface area (Å²) < 4.78 is 35.2. The largest absolute Gasteiger partial charge is 0.381 e. The summed E-state index contributed by atoms with van der Waals surface area (Å²) in [4.78, 5) is 37.9. The Morgan fingerprint density at radius 2 is 1.77 bits per heavy atom. The minimum absolute atomic E-state index is 0.0828. The van der Waals surface area contributed by atoms with E-state index >= 15 is 0 Å². The van der Waals surface area contributed by atoms with E-state index in [9.17, 15) is 23.2 Å². The van der Waals surface area contributed by atoms with Gasteiger partial charge >= 0.3 is 11.7 Å². The molecule has 0 bridgehead atoms. The molecular formula is C20H26F2N4O4. The summed E-state index contributed by atoms with van der Waals surface area (Å²) in [6.45, 7) is 6.45. The first-order valence-electron chi connectivity index (χ1n) is 9.79. The number of hydrogen-bond acceptors (Lipinski definition) is 4. The minimum Gasteiger partial charge on any atom is -0.381 e. The van der Waals surface area contributed by atoms with Crippen molar-refractivity contribution in [2.24, 2.45) is 17.1 Å². The molecule has 0 aliphatic carbocycles. The molecule has 0 radical (unpaired) electrons. The highest BCUT2D eigenvalue weighted by molar-refractivity contribution is 5.92. The lowest BCUT2D eigenvalue weighted by atomic mass is 9.86. The van der Waals surface area contributed by atoms with E-state index in [1.54, 1.807) is 20.8 Å². The van der Waals surface area contributed by atoms with Gasteiger partial charge in [0.25, 0.3) is 0 Å². The molecule has 1 saturated heterocycles. The number of amides is 2. The van der Waals surface area contributed by atoms with Gasteiger partial charge in [-0.3, -0.25) is 9.36 Å². The van der Waals surface area contributed by atoms with E-state index in [0.29, 0.717) is 26.1 Å². The third-order valence-corrected chi connectivity index (χ3v) is 5.37. The summed E-state index contributed by atoms with van der Waals surface area (Å²) >= 11 is 0. The Labute approximate surface area is 172 Å². The molecule has 0 unspecified atom stereocenters. The van der Waals surface area contributed by atoms with Crippen molar-refractivity contribution in [2.75, 3.05) is 13.2 Å². The number of carbonyl (C=O) groups excluding carboxylic acids is 2. The van der Waals surface area contributed by atoms with Crippen LogP contribution in [0.25, 0.3) is 11.0 Å². The lowest BCUT2D eigenvalue weighted by Crippen LogP contribution is -2.54. The van der Waals surface area contributed by atoms with Crippen LogP contribution < -0.4 is 16.7 Å². The number of imidazole rings is 1. The Hall–Kier alpha value is -2.75. The second-order valence-electron chi connectivity index (χ2n) is 8.69. The predicted octanol–water partition coefficient (Wildman–Crippen LogP) is 1.97. The maximum absolute atomic E-state index is 13.9. The van der Waals surface area contributed by atoms with Gasteiger partial charge in [-0.05, 0) is 24.2 Å². The zero-order valence-electron chi connectivity index (χ0n) is 17.2. The lowest BCUT2D eigenvalue weighted by Gasteiger charge is -2.28. The third-order valence-electron chi connectivity index (χ3n) is 5.37. The monoisotopic (exact) mass is 424 g/mol. The number of nitrogens with two attached hydrogens (primary N) is 1. The molecule has 3 N–H and O–H groups in total. The first kappa shape index (κ1) is 21.9. The number of fused-ring (bicyclic) bond motifs is 1. The van der Waals surface area contributed by atoms with Gasteiger partial charge < -0.3 is 15.8 Å². The van der Waals surface area contributed by atoms with E-state index in [2.05, 4.69) is 5.32 Å². The molecule has 10 heteroatoms. The fourth-order valence-corrected chi connectivity index (χ4v) is 3.71. The number of rotatable bonds is 4. The van der Waals surface area contributed by atoms with Gasteiger partial charge in [-0.1, -0.05) is 20.8 Å². The Kier molecular flexibility index (Phi) is 5.98. The van der Waals surface area contributed by atoms with Gasteiger partial charge in [0.2, 0.25) is 5.91 Å². The summed E-state index contributed by atoms with van der Waals surface area (Å²) in [6.07, 6.45) is 1.42. The number of nitrogens with zero attached hydrogens (tertiary/aromatic N) is 2. The van der Waals surface area contributed by atoms with Crippen LogP contribution in [0.5, 0.6) is 0 Å². The molecule has 1 fully saturated rings. The minimum atomic E-state index is -1.19. The van der Waals surface area contributed by atoms with Gasteiger partial charge in [0.15, 0.2) is 11.6 Å². The molecule has 0 spiro atoms. The number of halogens is 2. The first-order chi connectivity index (χ1) is 14.0. The van der Waals surface area contributed by atoms with Crippen LogP contribution in [0.3, 0.4) is 0 Å². The van der Waals surface area contributed by atoms with Crippen LogP contribution in [0.15, 0.2) is 16.9 Å². The van der Waals surface area contributed by atoms with Gasteiger partial charge in [0, 0.05) is 31.9 Å². The molecule has 30 heavy (non-hydrogen) atoms. The second kappa shape index (κ2) is 8.17. The lowest BCUT2D eigenvalue weighted by molar-refractivity contribution is -0.122. The molecule has 2 heterocycles. The SMILES string of the molecule is CC(C)(C)[C@H](NC(=O)n1c(=O)n(CC2CCOCC2)c2cc(F)c(F)cc21)C(N)=O. The fraction of sp³-hybridized carbons (Fsp3) is 0.550. The summed E-state index contributed by atoms with van der Waals surface area (Å²) in [5.74, 6) is -2.98. The van der Waals surface area contributed by atoms with Gasteiger partial charge in [-0.15, -0.1) is 0 Å². The third kappa shape index (κ3) is 4.23. The van der Waals surface area contributed by atoms with E-state index in [1.807, 2.05) is 0 Å². The van der Waals surface area contributed by atoms with E-state index in [4.69, 9.17) is 10.5 Å². The Balaban J connectivity index is 2.08. The molecule has 1 aromatic heterocycles. The van der Waals surface area contributed by atoms with Crippen LogP contribution in [-0.4, -0.2) is 40.3 Å². The van der Waals surface area contributed by atoms with Crippen LogP contribution in [-0.2, 0) is 16.1 Å². The number of hydrogen-bond donors (Lipinski definition) is 2. The average Bonchev–Trinajstić information content (AvgIpc) is 2.91. The summed E-state index contributed by atoms with van der Waals surface area (Å²) in [6, 6.07) is -0.288. The highest BCUT2D eigenvalue weighted by Gasteiger charge is 2.33. The summed E-state index contributed by atoms with van der Waals surface area (Å²) in [5, 5.41) is 2.46. The second-order valence-corrected chi connectivity index (χ2v) is 8.69. The van der Waals surface area contributed by atoms with E-state index in [-0.39, 0.29) is 23.5 Å². The molecule has 164 valence electrons. The summed E-state index contributed by atoms with van der Waals surface area (Å²) in [5.41, 5.74) is 3.97. The van der Waals surface area contributed by atoms with Crippen LogP contribution in [0.2, 0.25) is 0 Å². The van der Waals surface area contributed by atoms with Gasteiger partial charge in [0.05, 0.1) is 11.0 Å². The summed E-state index contributed by atoms with van der Waals surface area (Å²) in [7, 11) is 0. The van der Waals surface area contributed by atoms with Crippen molar-refractivity contribution in [3.63, 3.8) is 0 Å². The Morgan fingerprint density at radius 3 is 2.30 bits per heavy atom. The van der Waals surface area contributed by atoms with Crippen molar-refractivity contribution < 1.29 is 23.1 Å². The van der Waals surface area contributed by atoms with Crippen molar-refractivity contribution in [1.82, 2.24) is 14.5 Å². The predicted molar refractivity (Wildman–Crippen MR) is 106 cm³/mol. The first-order valence-corrected chi connectivity index (χ1v) is 9.79. The molecule has 3 rings (SSSR count). The number of aromatic nitrogens is 2. The maximum atomic E-state index is 13.9. The number of carbonyl (C=O) groups is 2. The number of benzene rings is 1. The molecule has 1 aliphatic rings. The van der Waals surface area contributed by atoms with Crippen molar-refractivity contribution in [3.05, 3.63) is 34.3 Å². The topological polar surface area (TPSA) is 108 Å².